The number of carbonyl (C=O) groups is 1. The van der Waals surface area contributed by atoms with Crippen molar-refractivity contribution in [2.75, 3.05) is 26.4 Å². The predicted octanol–water partition coefficient (Wildman–Crippen LogP) is 0.991. The molecule has 13 heavy (non-hydrogen) atoms. The first-order chi connectivity index (χ1) is 6.26. The van der Waals surface area contributed by atoms with Crippen molar-refractivity contribution in [3.8, 4) is 0 Å². The number of hydrogen-bond donors (Lipinski definition) is 0. The molecule has 0 fully saturated rings. The summed E-state index contributed by atoms with van der Waals surface area (Å²) >= 11 is 0. The quantitative estimate of drug-likeness (QED) is 0.535. The van der Waals surface area contributed by atoms with Gasteiger partial charge in [0.2, 0.25) is 12.1 Å². The molecule has 0 aliphatic heterocycles. The second kappa shape index (κ2) is 8.16. The summed E-state index contributed by atoms with van der Waals surface area (Å²) in [6, 6.07) is 0. The van der Waals surface area contributed by atoms with Crippen LogP contribution in [0, 0.1) is 0 Å². The summed E-state index contributed by atoms with van der Waals surface area (Å²) in [5.74, 6) is -0.162. The minimum Gasteiger partial charge on any atom is -0.374 e. The summed E-state index contributed by atoms with van der Waals surface area (Å²) < 4.78 is 15.1. The van der Waals surface area contributed by atoms with Crippen LogP contribution in [0.25, 0.3) is 0 Å². The summed E-state index contributed by atoms with van der Waals surface area (Å²) in [4.78, 5) is 11.3. The summed E-state index contributed by atoms with van der Waals surface area (Å²) in [6.07, 6.45) is -0.762. The highest BCUT2D eigenvalue weighted by atomic mass is 16.7. The SMILES string of the molecule is CCOCC(=O)C(OCC)OCC. The predicted molar refractivity (Wildman–Crippen MR) is 48.5 cm³/mol. The zero-order chi connectivity index (χ0) is 10.1. The average molecular weight is 190 g/mol. The smallest absolute Gasteiger partial charge is 0.220 e. The summed E-state index contributed by atoms with van der Waals surface area (Å²) in [7, 11) is 0. The molecule has 0 unspecified atom stereocenters. The highest BCUT2D eigenvalue weighted by Crippen LogP contribution is 1.97. The molecule has 4 nitrogen and oxygen atoms in total. The van der Waals surface area contributed by atoms with Crippen LogP contribution in [0.4, 0.5) is 0 Å². The fourth-order valence-corrected chi connectivity index (χ4v) is 0.807. The van der Waals surface area contributed by atoms with Gasteiger partial charge in [-0.1, -0.05) is 0 Å². The van der Waals surface area contributed by atoms with Crippen LogP contribution in [0.2, 0.25) is 0 Å². The summed E-state index contributed by atoms with van der Waals surface area (Å²) in [6.45, 7) is 6.98. The normalized spacial score (nSPS) is 10.8. The van der Waals surface area contributed by atoms with E-state index in [2.05, 4.69) is 0 Å². The van der Waals surface area contributed by atoms with Gasteiger partial charge in [-0.25, -0.2) is 0 Å². The van der Waals surface area contributed by atoms with Crippen molar-refractivity contribution in [2.24, 2.45) is 0 Å². The zero-order valence-corrected chi connectivity index (χ0v) is 8.54. The molecule has 0 saturated heterocycles. The zero-order valence-electron chi connectivity index (χ0n) is 8.54. The molecule has 0 rings (SSSR count). The monoisotopic (exact) mass is 190 g/mol. The first kappa shape index (κ1) is 12.6. The number of hydrogen-bond acceptors (Lipinski definition) is 4. The molecule has 0 radical (unpaired) electrons. The van der Waals surface area contributed by atoms with Crippen molar-refractivity contribution in [3.63, 3.8) is 0 Å². The third-order valence-electron chi connectivity index (χ3n) is 1.35. The van der Waals surface area contributed by atoms with E-state index in [1.165, 1.54) is 0 Å². The van der Waals surface area contributed by atoms with Gasteiger partial charge in [-0.15, -0.1) is 0 Å². The van der Waals surface area contributed by atoms with E-state index in [0.717, 1.165) is 0 Å². The molecule has 0 heterocycles. The maximum Gasteiger partial charge on any atom is 0.220 e. The van der Waals surface area contributed by atoms with E-state index in [0.29, 0.717) is 19.8 Å². The lowest BCUT2D eigenvalue weighted by molar-refractivity contribution is -0.171. The van der Waals surface area contributed by atoms with Crippen LogP contribution in [-0.2, 0) is 19.0 Å². The Labute approximate surface area is 79.2 Å². The number of Topliss-reactive ketones (excluding diaryl/α,β-unsaturated/α-hetero) is 1. The maximum atomic E-state index is 11.3. The first-order valence-electron chi connectivity index (χ1n) is 4.59. The molecule has 0 N–H and O–H groups in total. The van der Waals surface area contributed by atoms with Crippen LogP contribution < -0.4 is 0 Å². The fraction of sp³-hybridized carbons (Fsp3) is 0.889. The molecular formula is C9H18O4. The van der Waals surface area contributed by atoms with Gasteiger partial charge in [0.15, 0.2) is 0 Å². The van der Waals surface area contributed by atoms with Gasteiger partial charge in [0.05, 0.1) is 0 Å². The minimum absolute atomic E-state index is 0.0567. The molecule has 78 valence electrons. The van der Waals surface area contributed by atoms with Crippen LogP contribution in [0.5, 0.6) is 0 Å². The number of ketones is 1. The third-order valence-corrected chi connectivity index (χ3v) is 1.35. The van der Waals surface area contributed by atoms with Crippen LogP contribution in [0.15, 0.2) is 0 Å². The van der Waals surface area contributed by atoms with Crippen LogP contribution in [-0.4, -0.2) is 38.5 Å². The molecule has 0 saturated carbocycles. The van der Waals surface area contributed by atoms with Crippen molar-refractivity contribution in [1.82, 2.24) is 0 Å². The van der Waals surface area contributed by atoms with Gasteiger partial charge in [-0.3, -0.25) is 4.79 Å². The van der Waals surface area contributed by atoms with Crippen molar-refractivity contribution in [3.05, 3.63) is 0 Å². The summed E-state index contributed by atoms with van der Waals surface area (Å²) in [5.41, 5.74) is 0. The van der Waals surface area contributed by atoms with Crippen LogP contribution in [0.1, 0.15) is 20.8 Å². The molecule has 0 aliphatic rings. The Hall–Kier alpha value is -0.450. The van der Waals surface area contributed by atoms with E-state index < -0.39 is 6.29 Å². The second-order valence-electron chi connectivity index (χ2n) is 2.35. The standard InChI is InChI=1S/C9H18O4/c1-4-11-7-8(10)9(12-5-2)13-6-3/h9H,4-7H2,1-3H3. The topological polar surface area (TPSA) is 44.8 Å². The Morgan fingerprint density at radius 2 is 1.62 bits per heavy atom. The highest BCUT2D eigenvalue weighted by molar-refractivity contribution is 5.83. The largest absolute Gasteiger partial charge is 0.374 e. The van der Waals surface area contributed by atoms with E-state index in [1.807, 2.05) is 20.8 Å². The highest BCUT2D eigenvalue weighted by Gasteiger charge is 2.17. The van der Waals surface area contributed by atoms with E-state index >= 15 is 0 Å². The van der Waals surface area contributed by atoms with Gasteiger partial charge in [0.25, 0.3) is 0 Å². The third kappa shape index (κ3) is 5.74. The van der Waals surface area contributed by atoms with E-state index in [4.69, 9.17) is 14.2 Å². The molecule has 0 bridgehead atoms. The molecule has 0 aromatic rings. The number of ether oxygens (including phenoxy) is 3. The van der Waals surface area contributed by atoms with Crippen molar-refractivity contribution in [1.29, 1.82) is 0 Å². The van der Waals surface area contributed by atoms with Crippen LogP contribution >= 0.6 is 0 Å². The van der Waals surface area contributed by atoms with Gasteiger partial charge in [-0.2, -0.15) is 0 Å². The van der Waals surface area contributed by atoms with Crippen LogP contribution in [0.3, 0.4) is 0 Å². The van der Waals surface area contributed by atoms with Crippen molar-refractivity contribution < 1.29 is 19.0 Å². The molecule has 4 heteroatoms. The Balaban J connectivity index is 3.80. The van der Waals surface area contributed by atoms with Crippen molar-refractivity contribution >= 4 is 5.78 Å². The van der Waals surface area contributed by atoms with Gasteiger partial charge < -0.3 is 14.2 Å². The Morgan fingerprint density at radius 1 is 1.08 bits per heavy atom. The molecule has 0 spiro atoms. The lowest BCUT2D eigenvalue weighted by atomic mass is 10.4. The Morgan fingerprint density at radius 3 is 2.00 bits per heavy atom. The fourth-order valence-electron chi connectivity index (χ4n) is 0.807. The van der Waals surface area contributed by atoms with E-state index in [1.54, 1.807) is 0 Å². The number of rotatable bonds is 8. The van der Waals surface area contributed by atoms with E-state index in [9.17, 15) is 4.79 Å². The molecule has 0 aliphatic carbocycles. The lowest BCUT2D eigenvalue weighted by Crippen LogP contribution is -2.30. The molecule has 0 amide bonds. The van der Waals surface area contributed by atoms with Gasteiger partial charge in [-0.05, 0) is 20.8 Å². The van der Waals surface area contributed by atoms with Gasteiger partial charge in [0, 0.05) is 19.8 Å². The molecule has 0 atom stereocenters. The minimum atomic E-state index is -0.762. The molecule has 0 aromatic carbocycles. The van der Waals surface area contributed by atoms with Crippen molar-refractivity contribution in [2.45, 2.75) is 27.1 Å². The van der Waals surface area contributed by atoms with E-state index in [-0.39, 0.29) is 12.4 Å². The lowest BCUT2D eigenvalue weighted by Gasteiger charge is -2.14. The first-order valence-corrected chi connectivity index (χ1v) is 4.59. The maximum absolute atomic E-state index is 11.3. The average Bonchev–Trinajstić information content (AvgIpc) is 2.14. The second-order valence-corrected chi connectivity index (χ2v) is 2.35. The Kier molecular flexibility index (Phi) is 7.88. The molecule has 0 aromatic heterocycles. The molecular weight excluding hydrogens is 172 g/mol. The van der Waals surface area contributed by atoms with Gasteiger partial charge >= 0.3 is 0 Å². The van der Waals surface area contributed by atoms with Gasteiger partial charge in [0.1, 0.15) is 6.61 Å². The number of carbonyl (C=O) groups excluding carboxylic acids is 1. The Bertz CT molecular complexity index is 130. The summed E-state index contributed by atoms with van der Waals surface area (Å²) in [5, 5.41) is 0.